The maximum atomic E-state index is 9.36. The molecular weight excluding hydrogens is 146 g/mol. The molecule has 0 spiro atoms. The third-order valence-electron chi connectivity index (χ3n) is 2.32. The first-order chi connectivity index (χ1) is 5.16. The van der Waals surface area contributed by atoms with Crippen molar-refractivity contribution in [3.63, 3.8) is 0 Å². The van der Waals surface area contributed by atoms with Gasteiger partial charge in [-0.1, -0.05) is 0 Å². The maximum Gasteiger partial charge on any atom is 0.0976 e. The molecule has 0 bridgehead atoms. The van der Waals surface area contributed by atoms with Crippen molar-refractivity contribution in [1.82, 2.24) is 4.90 Å². The van der Waals surface area contributed by atoms with Crippen LogP contribution >= 0.6 is 0 Å². The highest BCUT2D eigenvalue weighted by Crippen LogP contribution is 2.15. The van der Waals surface area contributed by atoms with Crippen molar-refractivity contribution in [1.29, 1.82) is 0 Å². The molecule has 1 aliphatic rings. The Kier molecular flexibility index (Phi) is 2.84. The standard InChI is InChI=1S/C7H15NO3/c1-8-3-2-6(10)7(11)5(8)4-9/h5-7,9-11H,2-4H2,1H3. The second-order valence-electron chi connectivity index (χ2n) is 3.08. The monoisotopic (exact) mass is 161 g/mol. The molecule has 1 aliphatic heterocycles. The van der Waals surface area contributed by atoms with E-state index in [-0.39, 0.29) is 12.6 Å². The number of aliphatic hydroxyl groups is 3. The van der Waals surface area contributed by atoms with Crippen molar-refractivity contribution >= 4 is 0 Å². The van der Waals surface area contributed by atoms with Crippen molar-refractivity contribution in [3.05, 3.63) is 0 Å². The molecule has 0 aromatic carbocycles. The molecule has 1 heterocycles. The lowest BCUT2D eigenvalue weighted by Crippen LogP contribution is -2.54. The first-order valence-corrected chi connectivity index (χ1v) is 3.84. The van der Waals surface area contributed by atoms with Crippen LogP contribution in [0.25, 0.3) is 0 Å². The molecule has 4 nitrogen and oxygen atoms in total. The van der Waals surface area contributed by atoms with E-state index in [1.54, 1.807) is 0 Å². The molecule has 0 aromatic rings. The fourth-order valence-electron chi connectivity index (χ4n) is 1.44. The Bertz CT molecular complexity index is 131. The Labute approximate surface area is 66.1 Å². The van der Waals surface area contributed by atoms with Crippen LogP contribution in [-0.2, 0) is 0 Å². The fraction of sp³-hybridized carbons (Fsp3) is 1.00. The van der Waals surface area contributed by atoms with Gasteiger partial charge in [-0.25, -0.2) is 0 Å². The Hall–Kier alpha value is -0.160. The minimum absolute atomic E-state index is 0.102. The van der Waals surface area contributed by atoms with Crippen LogP contribution < -0.4 is 0 Å². The summed E-state index contributed by atoms with van der Waals surface area (Å²) in [5.74, 6) is 0. The summed E-state index contributed by atoms with van der Waals surface area (Å²) in [5.41, 5.74) is 0. The summed E-state index contributed by atoms with van der Waals surface area (Å²) in [6, 6.07) is -0.307. The summed E-state index contributed by atoms with van der Waals surface area (Å²) < 4.78 is 0. The van der Waals surface area contributed by atoms with Crippen LogP contribution in [0.1, 0.15) is 6.42 Å². The van der Waals surface area contributed by atoms with E-state index < -0.39 is 12.2 Å². The number of likely N-dealkylation sites (N-methyl/N-ethyl adjacent to an activating group) is 1. The molecule has 0 amide bonds. The summed E-state index contributed by atoms with van der Waals surface area (Å²) in [4.78, 5) is 1.86. The highest BCUT2D eigenvalue weighted by atomic mass is 16.3. The molecule has 0 aromatic heterocycles. The van der Waals surface area contributed by atoms with Crippen molar-refractivity contribution in [2.24, 2.45) is 0 Å². The van der Waals surface area contributed by atoms with E-state index in [0.29, 0.717) is 6.42 Å². The van der Waals surface area contributed by atoms with Gasteiger partial charge in [0.25, 0.3) is 0 Å². The lowest BCUT2D eigenvalue weighted by Gasteiger charge is -2.38. The smallest absolute Gasteiger partial charge is 0.0976 e. The van der Waals surface area contributed by atoms with Gasteiger partial charge in [0.2, 0.25) is 0 Å². The molecular formula is C7H15NO3. The third-order valence-corrected chi connectivity index (χ3v) is 2.32. The summed E-state index contributed by atoms with van der Waals surface area (Å²) in [6.45, 7) is 0.623. The van der Waals surface area contributed by atoms with E-state index in [4.69, 9.17) is 5.11 Å². The number of rotatable bonds is 1. The summed E-state index contributed by atoms with van der Waals surface area (Å²) in [6.07, 6.45) is -0.907. The molecule has 3 N–H and O–H groups in total. The van der Waals surface area contributed by atoms with E-state index in [0.717, 1.165) is 6.54 Å². The summed E-state index contributed by atoms with van der Waals surface area (Å²) in [5, 5.41) is 27.4. The van der Waals surface area contributed by atoms with Crippen LogP contribution in [0.3, 0.4) is 0 Å². The van der Waals surface area contributed by atoms with Crippen molar-refractivity contribution < 1.29 is 15.3 Å². The normalized spacial score (nSPS) is 40.9. The van der Waals surface area contributed by atoms with Gasteiger partial charge in [-0.05, 0) is 13.5 Å². The number of piperidine rings is 1. The number of aliphatic hydroxyl groups excluding tert-OH is 3. The van der Waals surface area contributed by atoms with Crippen molar-refractivity contribution in [3.8, 4) is 0 Å². The van der Waals surface area contributed by atoms with Crippen LogP contribution in [0.2, 0.25) is 0 Å². The van der Waals surface area contributed by atoms with E-state index in [2.05, 4.69) is 0 Å². The van der Waals surface area contributed by atoms with Gasteiger partial charge in [0.15, 0.2) is 0 Å². The van der Waals surface area contributed by atoms with Crippen LogP contribution in [-0.4, -0.2) is 58.7 Å². The molecule has 66 valence electrons. The maximum absolute atomic E-state index is 9.36. The number of nitrogens with zero attached hydrogens (tertiary/aromatic N) is 1. The Balaban J connectivity index is 2.55. The summed E-state index contributed by atoms with van der Waals surface area (Å²) in [7, 11) is 1.83. The first-order valence-electron chi connectivity index (χ1n) is 3.84. The Morgan fingerprint density at radius 2 is 2.09 bits per heavy atom. The fourth-order valence-corrected chi connectivity index (χ4v) is 1.44. The van der Waals surface area contributed by atoms with Gasteiger partial charge in [-0.15, -0.1) is 0 Å². The van der Waals surface area contributed by atoms with Crippen LogP contribution in [0.5, 0.6) is 0 Å². The zero-order valence-electron chi connectivity index (χ0n) is 6.64. The number of hydrogen-bond acceptors (Lipinski definition) is 4. The molecule has 11 heavy (non-hydrogen) atoms. The van der Waals surface area contributed by atoms with E-state index in [1.165, 1.54) is 0 Å². The average Bonchev–Trinajstić information content (AvgIpc) is 1.99. The molecule has 0 radical (unpaired) electrons. The van der Waals surface area contributed by atoms with Crippen LogP contribution in [0.4, 0.5) is 0 Å². The van der Waals surface area contributed by atoms with E-state index in [9.17, 15) is 10.2 Å². The molecule has 0 saturated carbocycles. The highest BCUT2D eigenvalue weighted by Gasteiger charge is 2.33. The van der Waals surface area contributed by atoms with Crippen LogP contribution in [0.15, 0.2) is 0 Å². The van der Waals surface area contributed by atoms with Gasteiger partial charge in [0.05, 0.1) is 24.9 Å². The molecule has 3 atom stereocenters. The van der Waals surface area contributed by atoms with E-state index in [1.807, 2.05) is 11.9 Å². The van der Waals surface area contributed by atoms with Crippen molar-refractivity contribution in [2.45, 2.75) is 24.7 Å². The number of likely N-dealkylation sites (tertiary alicyclic amines) is 1. The van der Waals surface area contributed by atoms with E-state index >= 15 is 0 Å². The zero-order valence-corrected chi connectivity index (χ0v) is 6.64. The van der Waals surface area contributed by atoms with Gasteiger partial charge in [0, 0.05) is 6.54 Å². The second-order valence-corrected chi connectivity index (χ2v) is 3.08. The molecule has 4 heteroatoms. The second kappa shape index (κ2) is 3.49. The minimum atomic E-state index is -0.807. The molecule has 0 aliphatic carbocycles. The quantitative estimate of drug-likeness (QED) is 0.433. The lowest BCUT2D eigenvalue weighted by atomic mass is 9.97. The zero-order chi connectivity index (χ0) is 8.43. The minimum Gasteiger partial charge on any atom is -0.395 e. The Morgan fingerprint density at radius 1 is 1.45 bits per heavy atom. The molecule has 3 unspecified atom stereocenters. The first kappa shape index (κ1) is 8.93. The van der Waals surface area contributed by atoms with Gasteiger partial charge < -0.3 is 15.3 Å². The predicted octanol–water partition coefficient (Wildman–Crippen LogP) is -1.60. The van der Waals surface area contributed by atoms with Gasteiger partial charge >= 0.3 is 0 Å². The van der Waals surface area contributed by atoms with Crippen LogP contribution in [0, 0.1) is 0 Å². The van der Waals surface area contributed by atoms with Gasteiger partial charge in [-0.2, -0.15) is 0 Å². The summed E-state index contributed by atoms with van der Waals surface area (Å²) >= 11 is 0. The lowest BCUT2D eigenvalue weighted by molar-refractivity contribution is -0.0818. The highest BCUT2D eigenvalue weighted by molar-refractivity contribution is 4.87. The third kappa shape index (κ3) is 1.70. The topological polar surface area (TPSA) is 63.9 Å². The average molecular weight is 161 g/mol. The molecule has 1 saturated heterocycles. The predicted molar refractivity (Wildman–Crippen MR) is 40.1 cm³/mol. The SMILES string of the molecule is CN1CCC(O)C(O)C1CO. The number of hydrogen-bond donors (Lipinski definition) is 3. The Morgan fingerprint density at radius 3 is 2.55 bits per heavy atom. The van der Waals surface area contributed by atoms with Gasteiger partial charge in [0.1, 0.15) is 0 Å². The van der Waals surface area contributed by atoms with Gasteiger partial charge in [-0.3, -0.25) is 4.90 Å². The van der Waals surface area contributed by atoms with Crippen molar-refractivity contribution in [2.75, 3.05) is 20.2 Å². The largest absolute Gasteiger partial charge is 0.395 e. The molecule has 1 rings (SSSR count). The molecule has 1 fully saturated rings.